The summed E-state index contributed by atoms with van der Waals surface area (Å²) in [4.78, 5) is -0.152. The number of halogens is 3. The highest BCUT2D eigenvalue weighted by Crippen LogP contribution is 2.19. The molecule has 1 aromatic rings. The van der Waals surface area contributed by atoms with E-state index in [0.29, 0.717) is 0 Å². The molecular formula is C11H11Cl2FN2O2S. The van der Waals surface area contributed by atoms with Crippen LogP contribution < -0.4 is 0 Å². The van der Waals surface area contributed by atoms with E-state index in [-0.39, 0.29) is 35.3 Å². The van der Waals surface area contributed by atoms with Crippen molar-refractivity contribution in [2.45, 2.75) is 4.90 Å². The fourth-order valence-electron chi connectivity index (χ4n) is 1.44. The van der Waals surface area contributed by atoms with Crippen LogP contribution in [-0.4, -0.2) is 37.6 Å². The smallest absolute Gasteiger partial charge is 0.207 e. The minimum Gasteiger partial charge on any atom is -0.207 e. The number of rotatable bonds is 6. The quantitative estimate of drug-likeness (QED) is 0.753. The van der Waals surface area contributed by atoms with Gasteiger partial charge in [0.2, 0.25) is 10.0 Å². The van der Waals surface area contributed by atoms with Crippen LogP contribution in [-0.2, 0) is 10.0 Å². The van der Waals surface area contributed by atoms with Crippen molar-refractivity contribution in [3.63, 3.8) is 0 Å². The van der Waals surface area contributed by atoms with Crippen LogP contribution in [0.15, 0.2) is 23.1 Å². The fourth-order valence-corrected chi connectivity index (χ4v) is 3.52. The second kappa shape index (κ2) is 7.06. The van der Waals surface area contributed by atoms with Crippen LogP contribution in [0.1, 0.15) is 5.56 Å². The van der Waals surface area contributed by atoms with Crippen LogP contribution in [0.25, 0.3) is 0 Å². The minimum atomic E-state index is -3.83. The van der Waals surface area contributed by atoms with Crippen LogP contribution in [0.4, 0.5) is 4.39 Å². The molecule has 0 bridgehead atoms. The van der Waals surface area contributed by atoms with Gasteiger partial charge in [-0.25, -0.2) is 12.8 Å². The summed E-state index contributed by atoms with van der Waals surface area (Å²) in [5.41, 5.74) is -0.322. The summed E-state index contributed by atoms with van der Waals surface area (Å²) >= 11 is 11.1. The Morgan fingerprint density at radius 3 is 2.32 bits per heavy atom. The van der Waals surface area contributed by atoms with Gasteiger partial charge in [-0.2, -0.15) is 9.57 Å². The predicted molar refractivity (Wildman–Crippen MR) is 71.3 cm³/mol. The molecule has 4 nitrogen and oxygen atoms in total. The maximum absolute atomic E-state index is 13.2. The zero-order valence-electron chi connectivity index (χ0n) is 9.81. The number of nitrogens with zero attached hydrogens (tertiary/aromatic N) is 2. The molecule has 8 heteroatoms. The molecule has 1 rings (SSSR count). The number of benzene rings is 1. The molecule has 0 fully saturated rings. The van der Waals surface area contributed by atoms with E-state index in [1.165, 1.54) is 0 Å². The summed E-state index contributed by atoms with van der Waals surface area (Å²) in [6.45, 7) is 0.186. The van der Waals surface area contributed by atoms with E-state index in [9.17, 15) is 12.8 Å². The molecule has 0 aliphatic rings. The molecular weight excluding hydrogens is 314 g/mol. The topological polar surface area (TPSA) is 61.2 Å². The van der Waals surface area contributed by atoms with Crippen molar-refractivity contribution in [3.05, 3.63) is 29.6 Å². The van der Waals surface area contributed by atoms with Crippen molar-refractivity contribution in [2.24, 2.45) is 0 Å². The first-order valence-electron chi connectivity index (χ1n) is 5.29. The third-order valence-electron chi connectivity index (χ3n) is 2.36. The lowest BCUT2D eigenvalue weighted by atomic mass is 10.2. The first kappa shape index (κ1) is 16.2. The molecule has 0 saturated carbocycles. The van der Waals surface area contributed by atoms with Gasteiger partial charge in [-0.05, 0) is 18.2 Å². The highest BCUT2D eigenvalue weighted by molar-refractivity contribution is 7.89. The van der Waals surface area contributed by atoms with Gasteiger partial charge >= 0.3 is 0 Å². The molecule has 19 heavy (non-hydrogen) atoms. The van der Waals surface area contributed by atoms with Gasteiger partial charge < -0.3 is 0 Å². The fraction of sp³-hybridized carbons (Fsp3) is 0.364. The zero-order valence-corrected chi connectivity index (χ0v) is 12.1. The Morgan fingerprint density at radius 1 is 1.26 bits per heavy atom. The minimum absolute atomic E-state index is 0.0931. The van der Waals surface area contributed by atoms with E-state index in [0.717, 1.165) is 22.5 Å². The Kier molecular flexibility index (Phi) is 6.01. The van der Waals surface area contributed by atoms with Crippen LogP contribution in [0.3, 0.4) is 0 Å². The van der Waals surface area contributed by atoms with Crippen LogP contribution in [0.2, 0.25) is 0 Å². The number of hydrogen-bond donors (Lipinski definition) is 0. The normalized spacial score (nSPS) is 11.5. The Labute approximate surface area is 121 Å². The lowest BCUT2D eigenvalue weighted by Crippen LogP contribution is -2.34. The molecule has 1 aromatic carbocycles. The van der Waals surface area contributed by atoms with E-state index < -0.39 is 15.8 Å². The average Bonchev–Trinajstić information content (AvgIpc) is 2.38. The Balaban J connectivity index is 3.22. The van der Waals surface area contributed by atoms with Gasteiger partial charge in [-0.3, -0.25) is 0 Å². The number of nitriles is 1. The summed E-state index contributed by atoms with van der Waals surface area (Å²) in [6, 6.07) is 4.66. The van der Waals surface area contributed by atoms with Crippen molar-refractivity contribution in [1.82, 2.24) is 4.31 Å². The predicted octanol–water partition coefficient (Wildman–Crippen LogP) is 2.17. The second-order valence-corrected chi connectivity index (χ2v) is 6.23. The summed E-state index contributed by atoms with van der Waals surface area (Å²) < 4.78 is 38.8. The first-order chi connectivity index (χ1) is 8.97. The molecule has 0 radical (unpaired) electrons. The lowest BCUT2D eigenvalue weighted by Gasteiger charge is -2.20. The second-order valence-electron chi connectivity index (χ2n) is 3.54. The van der Waals surface area contributed by atoms with E-state index in [2.05, 4.69) is 0 Å². The molecule has 0 spiro atoms. The Morgan fingerprint density at radius 2 is 1.84 bits per heavy atom. The van der Waals surface area contributed by atoms with E-state index in [4.69, 9.17) is 28.5 Å². The molecule has 0 amide bonds. The molecule has 0 aliphatic heterocycles. The third-order valence-corrected chi connectivity index (χ3v) is 4.60. The molecule has 0 heterocycles. The molecule has 0 aromatic heterocycles. The molecule has 0 N–H and O–H groups in total. The van der Waals surface area contributed by atoms with Gasteiger partial charge in [0, 0.05) is 24.8 Å². The largest absolute Gasteiger partial charge is 0.243 e. The summed E-state index contributed by atoms with van der Waals surface area (Å²) in [7, 11) is -3.83. The highest BCUT2D eigenvalue weighted by atomic mass is 35.5. The first-order valence-corrected chi connectivity index (χ1v) is 7.80. The third kappa shape index (κ3) is 3.80. The van der Waals surface area contributed by atoms with Crippen LogP contribution >= 0.6 is 23.2 Å². The van der Waals surface area contributed by atoms with Crippen molar-refractivity contribution >= 4 is 33.2 Å². The van der Waals surface area contributed by atoms with Gasteiger partial charge in [0.05, 0.1) is 10.5 Å². The van der Waals surface area contributed by atoms with Crippen molar-refractivity contribution in [1.29, 1.82) is 5.26 Å². The van der Waals surface area contributed by atoms with Gasteiger partial charge in [0.1, 0.15) is 11.9 Å². The highest BCUT2D eigenvalue weighted by Gasteiger charge is 2.24. The van der Waals surface area contributed by atoms with Gasteiger partial charge in [-0.1, -0.05) is 0 Å². The van der Waals surface area contributed by atoms with Crippen LogP contribution in [0, 0.1) is 17.1 Å². The van der Waals surface area contributed by atoms with Crippen LogP contribution in [0.5, 0.6) is 0 Å². The Hall–Kier alpha value is -0.870. The van der Waals surface area contributed by atoms with Crippen molar-refractivity contribution in [3.8, 4) is 6.07 Å². The van der Waals surface area contributed by atoms with E-state index in [1.807, 2.05) is 0 Å². The van der Waals surface area contributed by atoms with Gasteiger partial charge in [0.25, 0.3) is 0 Å². The monoisotopic (exact) mass is 324 g/mol. The van der Waals surface area contributed by atoms with Crippen molar-refractivity contribution in [2.75, 3.05) is 24.8 Å². The molecule has 104 valence electrons. The molecule has 0 saturated heterocycles. The van der Waals surface area contributed by atoms with Crippen molar-refractivity contribution < 1.29 is 12.8 Å². The maximum atomic E-state index is 13.2. The van der Waals surface area contributed by atoms with E-state index in [1.54, 1.807) is 6.07 Å². The van der Waals surface area contributed by atoms with Gasteiger partial charge in [0.15, 0.2) is 0 Å². The molecule has 0 atom stereocenters. The zero-order chi connectivity index (χ0) is 14.5. The SMILES string of the molecule is N#Cc1cc(S(=O)(=O)N(CCCl)CCCl)ccc1F. The molecule has 0 unspecified atom stereocenters. The number of alkyl halides is 2. The summed E-state index contributed by atoms with van der Waals surface area (Å²) in [6.07, 6.45) is 0. The standard InChI is InChI=1S/C11H11Cl2FN2O2S/c12-3-5-16(6-4-13)19(17,18)10-1-2-11(14)9(7-10)8-15/h1-2,7H,3-6H2. The average molecular weight is 325 g/mol. The van der Waals surface area contributed by atoms with Gasteiger partial charge in [-0.15, -0.1) is 23.2 Å². The molecule has 0 aliphatic carbocycles. The number of sulfonamides is 1. The maximum Gasteiger partial charge on any atom is 0.243 e. The lowest BCUT2D eigenvalue weighted by molar-refractivity contribution is 0.448. The van der Waals surface area contributed by atoms with E-state index >= 15 is 0 Å². The Bertz CT molecular complexity index is 581. The summed E-state index contributed by atoms with van der Waals surface area (Å²) in [5.74, 6) is -0.534. The number of hydrogen-bond acceptors (Lipinski definition) is 3. The summed E-state index contributed by atoms with van der Waals surface area (Å²) in [5, 5.41) is 8.71.